The molecule has 3 atom stereocenters. The molecule has 2 heteroatoms. The van der Waals surface area contributed by atoms with Crippen LogP contribution in [0.15, 0.2) is 18.2 Å². The van der Waals surface area contributed by atoms with Gasteiger partial charge in [-0.05, 0) is 52.1 Å². The molecule has 1 fully saturated rings. The van der Waals surface area contributed by atoms with E-state index in [2.05, 4.69) is 51.2 Å². The van der Waals surface area contributed by atoms with Crippen molar-refractivity contribution in [1.29, 1.82) is 0 Å². The number of nitrogens with one attached hydrogen (secondary N) is 1. The third kappa shape index (κ3) is 3.80. The summed E-state index contributed by atoms with van der Waals surface area (Å²) in [5.74, 6) is 0. The highest BCUT2D eigenvalue weighted by atomic mass is 16.5. The molecule has 0 aliphatic carbocycles. The average Bonchev–Trinajstić information content (AvgIpc) is 2.75. The number of hydrogen-bond acceptors (Lipinski definition) is 2. The predicted molar refractivity (Wildman–Crippen MR) is 80.5 cm³/mol. The molecular formula is C17H27NO. The minimum absolute atomic E-state index is 0.322. The topological polar surface area (TPSA) is 21.3 Å². The summed E-state index contributed by atoms with van der Waals surface area (Å²) >= 11 is 0. The van der Waals surface area contributed by atoms with Crippen molar-refractivity contribution in [2.75, 3.05) is 6.54 Å². The Bertz CT molecular complexity index is 395. The third-order valence-corrected chi connectivity index (χ3v) is 3.85. The summed E-state index contributed by atoms with van der Waals surface area (Å²) in [4.78, 5) is 0. The highest BCUT2D eigenvalue weighted by Gasteiger charge is 2.30. The first-order valence-corrected chi connectivity index (χ1v) is 7.57. The van der Waals surface area contributed by atoms with E-state index in [0.717, 1.165) is 19.4 Å². The molecule has 0 saturated carbocycles. The molecule has 0 amide bonds. The largest absolute Gasteiger partial charge is 0.373 e. The van der Waals surface area contributed by atoms with Crippen LogP contribution in [0.5, 0.6) is 0 Å². The Morgan fingerprint density at radius 1 is 1.21 bits per heavy atom. The van der Waals surface area contributed by atoms with Gasteiger partial charge < -0.3 is 10.1 Å². The number of ether oxygens (including phenoxy) is 1. The van der Waals surface area contributed by atoms with Crippen molar-refractivity contribution in [1.82, 2.24) is 5.32 Å². The molecule has 2 rings (SSSR count). The second-order valence-electron chi connectivity index (χ2n) is 5.92. The van der Waals surface area contributed by atoms with Gasteiger partial charge in [0, 0.05) is 0 Å². The Morgan fingerprint density at radius 3 is 2.42 bits per heavy atom. The lowest BCUT2D eigenvalue weighted by Crippen LogP contribution is -2.32. The second kappa shape index (κ2) is 6.53. The van der Waals surface area contributed by atoms with Crippen LogP contribution >= 0.6 is 0 Å². The Kier molecular flexibility index (Phi) is 5.00. The standard InChI is InChI=1S/C17H27NO/c1-5-8-18-17(16-7-6-14(4)19-16)15-10-12(2)9-13(3)11-15/h9-11,14,16-18H,5-8H2,1-4H3. The van der Waals surface area contributed by atoms with Crippen LogP contribution in [0.1, 0.15) is 55.8 Å². The van der Waals surface area contributed by atoms with Crippen molar-refractivity contribution in [3.63, 3.8) is 0 Å². The van der Waals surface area contributed by atoms with E-state index in [1.807, 2.05) is 0 Å². The van der Waals surface area contributed by atoms with E-state index in [9.17, 15) is 0 Å². The quantitative estimate of drug-likeness (QED) is 0.867. The van der Waals surface area contributed by atoms with Crippen LogP contribution < -0.4 is 5.32 Å². The summed E-state index contributed by atoms with van der Waals surface area (Å²) in [6.45, 7) is 9.78. The average molecular weight is 261 g/mol. The highest BCUT2D eigenvalue weighted by molar-refractivity contribution is 5.31. The van der Waals surface area contributed by atoms with Crippen LogP contribution in [-0.2, 0) is 4.74 Å². The molecule has 3 unspecified atom stereocenters. The Balaban J connectivity index is 2.20. The summed E-state index contributed by atoms with van der Waals surface area (Å²) in [5.41, 5.74) is 4.05. The van der Waals surface area contributed by atoms with Crippen LogP contribution in [0.25, 0.3) is 0 Å². The number of hydrogen-bond donors (Lipinski definition) is 1. The molecule has 2 nitrogen and oxygen atoms in total. The lowest BCUT2D eigenvalue weighted by molar-refractivity contribution is 0.0316. The monoisotopic (exact) mass is 261 g/mol. The van der Waals surface area contributed by atoms with E-state index >= 15 is 0 Å². The number of aryl methyl sites for hydroxylation is 2. The van der Waals surface area contributed by atoms with E-state index in [4.69, 9.17) is 4.74 Å². The van der Waals surface area contributed by atoms with Gasteiger partial charge in [-0.25, -0.2) is 0 Å². The summed E-state index contributed by atoms with van der Waals surface area (Å²) in [5, 5.41) is 3.68. The maximum absolute atomic E-state index is 6.09. The third-order valence-electron chi connectivity index (χ3n) is 3.85. The molecule has 0 aromatic heterocycles. The van der Waals surface area contributed by atoms with E-state index in [-0.39, 0.29) is 0 Å². The molecule has 1 heterocycles. The maximum Gasteiger partial charge on any atom is 0.0774 e. The molecule has 1 aliphatic heterocycles. The molecule has 106 valence electrons. The Hall–Kier alpha value is -0.860. The zero-order valence-corrected chi connectivity index (χ0v) is 12.7. The van der Waals surface area contributed by atoms with Crippen molar-refractivity contribution < 1.29 is 4.74 Å². The van der Waals surface area contributed by atoms with Crippen molar-refractivity contribution in [2.45, 2.75) is 65.2 Å². The van der Waals surface area contributed by atoms with Gasteiger partial charge in [-0.15, -0.1) is 0 Å². The van der Waals surface area contributed by atoms with E-state index in [1.165, 1.54) is 23.1 Å². The number of benzene rings is 1. The van der Waals surface area contributed by atoms with Crippen LogP contribution in [0.4, 0.5) is 0 Å². The Labute approximate surface area is 117 Å². The van der Waals surface area contributed by atoms with E-state index < -0.39 is 0 Å². The van der Waals surface area contributed by atoms with Gasteiger partial charge in [0.15, 0.2) is 0 Å². The van der Waals surface area contributed by atoms with Gasteiger partial charge >= 0.3 is 0 Å². The molecule has 0 radical (unpaired) electrons. The molecule has 0 spiro atoms. The van der Waals surface area contributed by atoms with Gasteiger partial charge in [-0.2, -0.15) is 0 Å². The lowest BCUT2D eigenvalue weighted by Gasteiger charge is -2.26. The van der Waals surface area contributed by atoms with E-state index in [1.54, 1.807) is 0 Å². The predicted octanol–water partition coefficient (Wildman–Crippen LogP) is 3.91. The first-order chi connectivity index (χ1) is 9.10. The second-order valence-corrected chi connectivity index (χ2v) is 5.92. The van der Waals surface area contributed by atoms with E-state index in [0.29, 0.717) is 18.2 Å². The molecule has 1 N–H and O–H groups in total. The van der Waals surface area contributed by atoms with Gasteiger partial charge in [0.25, 0.3) is 0 Å². The van der Waals surface area contributed by atoms with Gasteiger partial charge in [0.2, 0.25) is 0 Å². The van der Waals surface area contributed by atoms with Crippen molar-refractivity contribution in [3.05, 3.63) is 34.9 Å². The van der Waals surface area contributed by atoms with Gasteiger partial charge in [0.05, 0.1) is 18.2 Å². The van der Waals surface area contributed by atoms with Crippen LogP contribution in [-0.4, -0.2) is 18.8 Å². The summed E-state index contributed by atoms with van der Waals surface area (Å²) in [6, 6.07) is 7.17. The molecule has 1 aromatic rings. The van der Waals surface area contributed by atoms with Crippen molar-refractivity contribution >= 4 is 0 Å². The minimum atomic E-state index is 0.322. The molecular weight excluding hydrogens is 234 g/mol. The normalized spacial score (nSPS) is 24.6. The van der Waals surface area contributed by atoms with Crippen molar-refractivity contribution in [3.8, 4) is 0 Å². The first-order valence-electron chi connectivity index (χ1n) is 7.57. The minimum Gasteiger partial charge on any atom is -0.373 e. The zero-order chi connectivity index (χ0) is 13.8. The number of rotatable bonds is 5. The maximum atomic E-state index is 6.09. The summed E-state index contributed by atoms with van der Waals surface area (Å²) < 4.78 is 6.09. The fourth-order valence-electron chi connectivity index (χ4n) is 3.03. The van der Waals surface area contributed by atoms with Gasteiger partial charge in [-0.3, -0.25) is 0 Å². The Morgan fingerprint density at radius 2 is 1.89 bits per heavy atom. The smallest absolute Gasteiger partial charge is 0.0774 e. The zero-order valence-electron chi connectivity index (χ0n) is 12.7. The molecule has 0 bridgehead atoms. The molecule has 19 heavy (non-hydrogen) atoms. The fourth-order valence-corrected chi connectivity index (χ4v) is 3.03. The van der Waals surface area contributed by atoms with Gasteiger partial charge in [0.1, 0.15) is 0 Å². The lowest BCUT2D eigenvalue weighted by atomic mass is 9.96. The van der Waals surface area contributed by atoms with Crippen LogP contribution in [0, 0.1) is 13.8 Å². The summed E-state index contributed by atoms with van der Waals surface area (Å²) in [7, 11) is 0. The SMILES string of the molecule is CCCNC(c1cc(C)cc(C)c1)C1CCC(C)O1. The molecule has 1 aliphatic rings. The highest BCUT2D eigenvalue weighted by Crippen LogP contribution is 2.31. The molecule has 1 aromatic carbocycles. The summed E-state index contributed by atoms with van der Waals surface area (Å²) in [6.07, 6.45) is 4.23. The molecule has 1 saturated heterocycles. The van der Waals surface area contributed by atoms with Gasteiger partial charge in [-0.1, -0.05) is 36.2 Å². The van der Waals surface area contributed by atoms with Crippen LogP contribution in [0.2, 0.25) is 0 Å². The van der Waals surface area contributed by atoms with Crippen LogP contribution in [0.3, 0.4) is 0 Å². The fraction of sp³-hybridized carbons (Fsp3) is 0.647. The first kappa shape index (κ1) is 14.5. The van der Waals surface area contributed by atoms with Crippen molar-refractivity contribution in [2.24, 2.45) is 0 Å².